The lowest BCUT2D eigenvalue weighted by Gasteiger charge is -2.29. The summed E-state index contributed by atoms with van der Waals surface area (Å²) in [7, 11) is 0. The molecule has 0 bridgehead atoms. The molecular formula is C25H21NO9. The van der Waals surface area contributed by atoms with E-state index < -0.39 is 40.2 Å². The number of phenols is 3. The molecule has 2 aromatic rings. The molecule has 0 radical (unpaired) electrons. The van der Waals surface area contributed by atoms with Gasteiger partial charge in [0.05, 0.1) is 22.4 Å². The number of aromatic carboxylic acids is 1. The molecule has 2 aliphatic rings. The number of hydrogen-bond donors (Lipinski definition) is 5. The number of anilines is 1. The van der Waals surface area contributed by atoms with E-state index in [0.29, 0.717) is 0 Å². The van der Waals surface area contributed by atoms with Crippen LogP contribution in [0.2, 0.25) is 0 Å². The van der Waals surface area contributed by atoms with Crippen LogP contribution in [0.4, 0.5) is 5.69 Å². The second-order valence-corrected chi connectivity index (χ2v) is 8.55. The predicted octanol–water partition coefficient (Wildman–Crippen LogP) is 3.08. The van der Waals surface area contributed by atoms with Crippen molar-refractivity contribution in [3.63, 3.8) is 0 Å². The summed E-state index contributed by atoms with van der Waals surface area (Å²) in [6.45, 7) is 5.40. The first-order valence-corrected chi connectivity index (χ1v) is 10.4. The van der Waals surface area contributed by atoms with Crippen LogP contribution in [0.15, 0.2) is 41.3 Å². The molecular weight excluding hydrogens is 458 g/mol. The van der Waals surface area contributed by atoms with Crippen LogP contribution in [0.5, 0.6) is 23.0 Å². The average molecular weight is 479 g/mol. The number of ether oxygens (including phenoxy) is 1. The maximum absolute atomic E-state index is 13.8. The molecule has 0 fully saturated rings. The summed E-state index contributed by atoms with van der Waals surface area (Å²) in [6, 6.07) is 3.55. The Hall–Kier alpha value is -4.60. The number of benzene rings is 2. The van der Waals surface area contributed by atoms with Gasteiger partial charge in [-0.15, -0.1) is 0 Å². The van der Waals surface area contributed by atoms with E-state index in [9.17, 15) is 39.6 Å². The average Bonchev–Trinajstić information content (AvgIpc) is 3.06. The molecule has 0 saturated heterocycles. The van der Waals surface area contributed by atoms with Crippen LogP contribution in [0, 0.1) is 6.92 Å². The molecule has 10 heteroatoms. The normalized spacial score (nSPS) is 19.9. The fourth-order valence-corrected chi connectivity index (χ4v) is 4.45. The van der Waals surface area contributed by atoms with Crippen molar-refractivity contribution in [2.45, 2.75) is 33.1 Å². The summed E-state index contributed by atoms with van der Waals surface area (Å²) in [4.78, 5) is 50.6. The van der Waals surface area contributed by atoms with E-state index in [1.165, 1.54) is 39.8 Å². The van der Waals surface area contributed by atoms with Crippen molar-refractivity contribution in [3.8, 4) is 23.0 Å². The molecule has 1 atom stereocenters. The zero-order chi connectivity index (χ0) is 26.0. The maximum Gasteiger partial charge on any atom is 0.337 e. The summed E-state index contributed by atoms with van der Waals surface area (Å²) < 4.78 is 5.70. The minimum atomic E-state index is -1.70. The highest BCUT2D eigenvalue weighted by Crippen LogP contribution is 2.57. The Morgan fingerprint density at radius 1 is 1.06 bits per heavy atom. The number of carbonyl (C=O) groups excluding carboxylic acids is 3. The van der Waals surface area contributed by atoms with Crippen LogP contribution in [0.25, 0.3) is 0 Å². The third-order valence-corrected chi connectivity index (χ3v) is 6.32. The third kappa shape index (κ3) is 3.25. The highest BCUT2D eigenvalue weighted by atomic mass is 16.5. The summed E-state index contributed by atoms with van der Waals surface area (Å²) in [6.07, 6.45) is 1.06. The van der Waals surface area contributed by atoms with Crippen LogP contribution in [0.1, 0.15) is 52.6 Å². The minimum Gasteiger partial charge on any atom is -0.508 e. The first-order chi connectivity index (χ1) is 16.3. The molecule has 1 aliphatic carbocycles. The molecule has 5 N–H and O–H groups in total. The number of allylic oxidation sites excluding steroid dienone is 4. The van der Waals surface area contributed by atoms with Crippen molar-refractivity contribution in [1.29, 1.82) is 0 Å². The number of nitrogens with one attached hydrogen (secondary N) is 1. The van der Waals surface area contributed by atoms with Gasteiger partial charge in [-0.05, 0) is 45.9 Å². The number of hydrogen-bond acceptors (Lipinski definition) is 9. The molecule has 0 unspecified atom stereocenters. The number of carbonyl (C=O) groups is 4. The van der Waals surface area contributed by atoms with E-state index in [1.54, 1.807) is 0 Å². The third-order valence-electron chi connectivity index (χ3n) is 6.32. The van der Waals surface area contributed by atoms with Crippen molar-refractivity contribution < 1.29 is 44.3 Å². The molecule has 0 amide bonds. The quantitative estimate of drug-likeness (QED) is 0.190. The number of carboxylic acid groups (broad SMARTS) is 1. The maximum atomic E-state index is 13.8. The van der Waals surface area contributed by atoms with Crippen molar-refractivity contribution in [1.82, 2.24) is 0 Å². The molecule has 180 valence electrons. The number of Topliss-reactive ketones (excluding diaryl/α,β-unsaturated/α-hetero) is 2. The molecule has 35 heavy (non-hydrogen) atoms. The highest BCUT2D eigenvalue weighted by Gasteiger charge is 2.56. The van der Waals surface area contributed by atoms with E-state index >= 15 is 0 Å². The summed E-state index contributed by atoms with van der Waals surface area (Å²) in [5.41, 5.74) is -2.53. The van der Waals surface area contributed by atoms with Crippen LogP contribution in [0.3, 0.4) is 0 Å². The van der Waals surface area contributed by atoms with Crippen LogP contribution < -0.4 is 10.1 Å². The Morgan fingerprint density at radius 2 is 1.71 bits per heavy atom. The second-order valence-electron chi connectivity index (χ2n) is 8.55. The summed E-state index contributed by atoms with van der Waals surface area (Å²) in [5.74, 6) is -4.93. The fraction of sp³-hybridized carbons (Fsp3) is 0.200. The molecule has 2 aromatic carbocycles. The molecule has 1 aliphatic heterocycles. The van der Waals surface area contributed by atoms with Gasteiger partial charge in [0.25, 0.3) is 0 Å². The van der Waals surface area contributed by atoms with Crippen molar-refractivity contribution >= 4 is 29.0 Å². The van der Waals surface area contributed by atoms with Crippen LogP contribution in [-0.2, 0) is 15.0 Å². The Kier molecular flexibility index (Phi) is 5.20. The Bertz CT molecular complexity index is 1450. The fourth-order valence-electron chi connectivity index (χ4n) is 4.45. The van der Waals surface area contributed by atoms with Crippen LogP contribution in [-0.4, -0.2) is 43.7 Å². The van der Waals surface area contributed by atoms with Gasteiger partial charge in [0, 0.05) is 17.3 Å². The smallest absolute Gasteiger partial charge is 0.337 e. The van der Waals surface area contributed by atoms with Gasteiger partial charge in [0.2, 0.25) is 0 Å². The zero-order valence-corrected chi connectivity index (χ0v) is 19.1. The number of fused-ring (bicyclic) bond motifs is 3. The largest absolute Gasteiger partial charge is 0.508 e. The predicted molar refractivity (Wildman–Crippen MR) is 122 cm³/mol. The molecule has 0 aromatic heterocycles. The Balaban J connectivity index is 1.91. The molecule has 10 nitrogen and oxygen atoms in total. The van der Waals surface area contributed by atoms with Crippen LogP contribution >= 0.6 is 0 Å². The van der Waals surface area contributed by atoms with Gasteiger partial charge in [-0.2, -0.15) is 0 Å². The zero-order valence-electron chi connectivity index (χ0n) is 19.1. The minimum absolute atomic E-state index is 0.0275. The number of phenolic OH excluding ortho intramolecular Hbond substituents is 3. The van der Waals surface area contributed by atoms with E-state index in [0.717, 1.165) is 12.1 Å². The molecule has 1 heterocycles. The standard InChI is InChI=1S/C25H21NO9/c1-9-20(30)18(11(3)27)22-19(21(9)31)25(4)16(35-22)8-15(29)17(23(25)32)10(2)26-14-6-5-12(28)7-13(14)24(33)34/h5-8,26,28,30-31H,1-4H3,(H,33,34)/t25-/m0/s1. The monoisotopic (exact) mass is 479 g/mol. The summed E-state index contributed by atoms with van der Waals surface area (Å²) >= 11 is 0. The second kappa shape index (κ2) is 7.73. The first kappa shape index (κ1) is 23.6. The van der Waals surface area contributed by atoms with Crippen molar-refractivity contribution in [2.75, 3.05) is 5.32 Å². The van der Waals surface area contributed by atoms with E-state index in [4.69, 9.17) is 4.74 Å². The summed E-state index contributed by atoms with van der Waals surface area (Å²) in [5, 5.41) is 43.1. The highest BCUT2D eigenvalue weighted by molar-refractivity contribution is 6.31. The number of rotatable bonds is 4. The topological polar surface area (TPSA) is 170 Å². The molecule has 0 saturated carbocycles. The first-order valence-electron chi connectivity index (χ1n) is 10.4. The Labute approximate surface area is 198 Å². The van der Waals surface area contributed by atoms with Gasteiger partial charge < -0.3 is 30.5 Å². The number of ketones is 3. The van der Waals surface area contributed by atoms with Gasteiger partial charge in [0.15, 0.2) is 17.3 Å². The van der Waals surface area contributed by atoms with E-state index in [2.05, 4.69) is 5.32 Å². The van der Waals surface area contributed by atoms with Gasteiger partial charge >= 0.3 is 5.97 Å². The van der Waals surface area contributed by atoms with Crippen molar-refractivity contribution in [2.24, 2.45) is 0 Å². The SMILES string of the molecule is CC(=O)c1c(O)c(C)c(O)c2c1OC1=CC(=O)C(=C(C)Nc3ccc(O)cc3C(=O)O)C(=O)[C@@]12C. The van der Waals surface area contributed by atoms with Gasteiger partial charge in [-0.25, -0.2) is 4.79 Å². The molecule has 0 spiro atoms. The van der Waals surface area contributed by atoms with Gasteiger partial charge in [-0.1, -0.05) is 0 Å². The Morgan fingerprint density at radius 3 is 2.31 bits per heavy atom. The lowest BCUT2D eigenvalue weighted by atomic mass is 9.70. The lowest BCUT2D eigenvalue weighted by Crippen LogP contribution is -2.40. The number of aromatic hydroxyl groups is 3. The lowest BCUT2D eigenvalue weighted by molar-refractivity contribution is -0.123. The molecule has 4 rings (SSSR count). The number of carboxylic acids is 1. The van der Waals surface area contributed by atoms with E-state index in [1.807, 2.05) is 0 Å². The van der Waals surface area contributed by atoms with E-state index in [-0.39, 0.29) is 56.5 Å². The van der Waals surface area contributed by atoms with Gasteiger partial charge in [0.1, 0.15) is 39.7 Å². The van der Waals surface area contributed by atoms with Crippen molar-refractivity contribution in [3.05, 3.63) is 63.6 Å². The van der Waals surface area contributed by atoms with Gasteiger partial charge in [-0.3, -0.25) is 14.4 Å².